The summed E-state index contributed by atoms with van der Waals surface area (Å²) < 4.78 is 27.3. The molecule has 3 atom stereocenters. The second-order valence-electron chi connectivity index (χ2n) is 5.64. The topological polar surface area (TPSA) is 20.2 Å². The van der Waals surface area contributed by atoms with Gasteiger partial charge >= 0.3 is 0 Å². The smallest absolute Gasteiger partial charge is 0.129 e. The first-order valence-corrected chi connectivity index (χ1v) is 6.59. The van der Waals surface area contributed by atoms with Crippen molar-refractivity contribution in [2.45, 2.75) is 45.1 Å². The lowest BCUT2D eigenvalue weighted by Crippen LogP contribution is -2.45. The molecule has 3 unspecified atom stereocenters. The van der Waals surface area contributed by atoms with Gasteiger partial charge in [-0.1, -0.05) is 32.8 Å². The fourth-order valence-electron chi connectivity index (χ4n) is 2.99. The summed E-state index contributed by atoms with van der Waals surface area (Å²) in [7, 11) is 0. The number of benzene rings is 1. The van der Waals surface area contributed by atoms with Crippen LogP contribution in [0.1, 0.15) is 38.7 Å². The van der Waals surface area contributed by atoms with Crippen molar-refractivity contribution in [3.8, 4) is 0 Å². The van der Waals surface area contributed by atoms with E-state index in [1.807, 2.05) is 6.92 Å². The fraction of sp³-hybridized carbons (Fsp3) is 0.600. The maximum atomic E-state index is 13.6. The molecule has 100 valence electrons. The Hall–Kier alpha value is -0.960. The standard InChI is InChI=1S/C15H20F2O/c1-10-5-4-8-15(18,11(10)2)9-12-13(16)6-3-7-14(12)17/h3,6-7,10-11,18H,4-5,8-9H2,1-2H3. The van der Waals surface area contributed by atoms with E-state index < -0.39 is 17.2 Å². The zero-order chi connectivity index (χ0) is 13.3. The zero-order valence-electron chi connectivity index (χ0n) is 10.9. The van der Waals surface area contributed by atoms with Crippen molar-refractivity contribution >= 4 is 0 Å². The van der Waals surface area contributed by atoms with Crippen LogP contribution in [0.5, 0.6) is 0 Å². The molecule has 0 saturated heterocycles. The van der Waals surface area contributed by atoms with Crippen LogP contribution in [0.4, 0.5) is 8.78 Å². The van der Waals surface area contributed by atoms with E-state index in [1.165, 1.54) is 18.2 Å². The lowest BCUT2D eigenvalue weighted by atomic mass is 9.68. The summed E-state index contributed by atoms with van der Waals surface area (Å²) in [5.74, 6) is -0.674. The number of aliphatic hydroxyl groups is 1. The zero-order valence-corrected chi connectivity index (χ0v) is 10.9. The number of hydrogen-bond donors (Lipinski definition) is 1. The normalized spacial score (nSPS) is 32.5. The van der Waals surface area contributed by atoms with E-state index in [2.05, 4.69) is 6.92 Å². The molecule has 1 aromatic carbocycles. The molecule has 0 aromatic heterocycles. The highest BCUT2D eigenvalue weighted by Crippen LogP contribution is 2.40. The van der Waals surface area contributed by atoms with Crippen LogP contribution in [0.15, 0.2) is 18.2 Å². The minimum Gasteiger partial charge on any atom is -0.389 e. The van der Waals surface area contributed by atoms with Gasteiger partial charge in [-0.05, 0) is 30.4 Å². The summed E-state index contributed by atoms with van der Waals surface area (Å²) in [6, 6.07) is 3.85. The molecule has 1 nitrogen and oxygen atoms in total. The van der Waals surface area contributed by atoms with Crippen LogP contribution in [0, 0.1) is 23.5 Å². The number of hydrogen-bond acceptors (Lipinski definition) is 1. The lowest BCUT2D eigenvalue weighted by Gasteiger charge is -2.42. The van der Waals surface area contributed by atoms with Crippen LogP contribution in [-0.2, 0) is 6.42 Å². The van der Waals surface area contributed by atoms with Gasteiger partial charge in [0.25, 0.3) is 0 Å². The van der Waals surface area contributed by atoms with Crippen LogP contribution in [0.3, 0.4) is 0 Å². The first kappa shape index (κ1) is 13.5. The molecule has 1 aliphatic rings. The van der Waals surface area contributed by atoms with Gasteiger partial charge in [0, 0.05) is 12.0 Å². The van der Waals surface area contributed by atoms with Gasteiger partial charge in [0.15, 0.2) is 0 Å². The Morgan fingerprint density at radius 2 is 1.89 bits per heavy atom. The third-order valence-electron chi connectivity index (χ3n) is 4.51. The maximum absolute atomic E-state index is 13.6. The van der Waals surface area contributed by atoms with Crippen molar-refractivity contribution < 1.29 is 13.9 Å². The Labute approximate surface area is 107 Å². The Balaban J connectivity index is 2.27. The van der Waals surface area contributed by atoms with Crippen LogP contribution < -0.4 is 0 Å². The van der Waals surface area contributed by atoms with Gasteiger partial charge in [0.05, 0.1) is 5.60 Å². The summed E-state index contributed by atoms with van der Waals surface area (Å²) in [5.41, 5.74) is -0.971. The summed E-state index contributed by atoms with van der Waals surface area (Å²) in [6.07, 6.45) is 2.67. The molecule has 1 saturated carbocycles. The van der Waals surface area contributed by atoms with Gasteiger partial charge in [0.1, 0.15) is 11.6 Å². The van der Waals surface area contributed by atoms with Gasteiger partial charge in [-0.2, -0.15) is 0 Å². The summed E-state index contributed by atoms with van der Waals surface area (Å²) in [6.45, 7) is 4.06. The minimum absolute atomic E-state index is 0.0148. The van der Waals surface area contributed by atoms with Gasteiger partial charge in [-0.15, -0.1) is 0 Å². The molecule has 0 bridgehead atoms. The van der Waals surface area contributed by atoms with E-state index in [0.717, 1.165) is 12.8 Å². The summed E-state index contributed by atoms with van der Waals surface area (Å²) >= 11 is 0. The third-order valence-corrected chi connectivity index (χ3v) is 4.51. The molecule has 0 amide bonds. The van der Waals surface area contributed by atoms with Gasteiger partial charge in [-0.25, -0.2) is 8.78 Å². The molecule has 1 aliphatic carbocycles. The van der Waals surface area contributed by atoms with Crippen molar-refractivity contribution in [1.82, 2.24) is 0 Å². The van der Waals surface area contributed by atoms with Crippen LogP contribution in [0.25, 0.3) is 0 Å². The molecule has 1 N–H and O–H groups in total. The highest BCUT2D eigenvalue weighted by atomic mass is 19.1. The predicted octanol–water partition coefficient (Wildman–Crippen LogP) is 3.69. The van der Waals surface area contributed by atoms with Crippen molar-refractivity contribution in [1.29, 1.82) is 0 Å². The van der Waals surface area contributed by atoms with E-state index in [0.29, 0.717) is 12.3 Å². The Kier molecular flexibility index (Phi) is 3.71. The Bertz CT molecular complexity index is 412. The quantitative estimate of drug-likeness (QED) is 0.853. The number of rotatable bonds is 2. The van der Waals surface area contributed by atoms with E-state index in [-0.39, 0.29) is 17.9 Å². The van der Waals surface area contributed by atoms with Crippen molar-refractivity contribution in [3.05, 3.63) is 35.4 Å². The summed E-state index contributed by atoms with van der Waals surface area (Å²) in [5, 5.41) is 10.7. The molecule has 0 aliphatic heterocycles. The van der Waals surface area contributed by atoms with Crippen LogP contribution >= 0.6 is 0 Å². The van der Waals surface area contributed by atoms with E-state index in [1.54, 1.807) is 0 Å². The lowest BCUT2D eigenvalue weighted by molar-refractivity contribution is -0.0631. The SMILES string of the molecule is CC1CCCC(O)(Cc2c(F)cccc2F)C1C. The summed E-state index contributed by atoms with van der Waals surface area (Å²) in [4.78, 5) is 0. The second kappa shape index (κ2) is 4.96. The first-order chi connectivity index (χ1) is 8.44. The molecule has 0 spiro atoms. The molecular weight excluding hydrogens is 234 g/mol. The molecule has 1 fully saturated rings. The van der Waals surface area contributed by atoms with E-state index in [4.69, 9.17) is 0 Å². The average molecular weight is 254 g/mol. The Morgan fingerprint density at radius 3 is 2.50 bits per heavy atom. The second-order valence-corrected chi connectivity index (χ2v) is 5.64. The Morgan fingerprint density at radius 1 is 1.28 bits per heavy atom. The molecule has 1 aromatic rings. The van der Waals surface area contributed by atoms with E-state index in [9.17, 15) is 13.9 Å². The average Bonchev–Trinajstić information content (AvgIpc) is 2.31. The first-order valence-electron chi connectivity index (χ1n) is 6.59. The van der Waals surface area contributed by atoms with Crippen molar-refractivity contribution in [3.63, 3.8) is 0 Å². The third kappa shape index (κ3) is 2.41. The van der Waals surface area contributed by atoms with Crippen LogP contribution in [0.2, 0.25) is 0 Å². The van der Waals surface area contributed by atoms with E-state index >= 15 is 0 Å². The fourth-order valence-corrected chi connectivity index (χ4v) is 2.99. The molecule has 3 heteroatoms. The largest absolute Gasteiger partial charge is 0.389 e. The highest BCUT2D eigenvalue weighted by molar-refractivity contribution is 5.22. The van der Waals surface area contributed by atoms with Gasteiger partial charge in [-0.3, -0.25) is 0 Å². The van der Waals surface area contributed by atoms with Crippen LogP contribution in [-0.4, -0.2) is 10.7 Å². The minimum atomic E-state index is -0.985. The van der Waals surface area contributed by atoms with Crippen molar-refractivity contribution in [2.75, 3.05) is 0 Å². The van der Waals surface area contributed by atoms with Gasteiger partial charge < -0.3 is 5.11 Å². The monoisotopic (exact) mass is 254 g/mol. The highest BCUT2D eigenvalue weighted by Gasteiger charge is 2.40. The predicted molar refractivity (Wildman–Crippen MR) is 67.2 cm³/mol. The molecule has 0 radical (unpaired) electrons. The van der Waals surface area contributed by atoms with Gasteiger partial charge in [0.2, 0.25) is 0 Å². The molecule has 2 rings (SSSR count). The maximum Gasteiger partial charge on any atom is 0.129 e. The molecular formula is C15H20F2O. The molecule has 18 heavy (non-hydrogen) atoms. The number of halogens is 2. The molecule has 0 heterocycles. The van der Waals surface area contributed by atoms with Crippen molar-refractivity contribution in [2.24, 2.45) is 11.8 Å².